The van der Waals surface area contributed by atoms with Crippen molar-refractivity contribution in [1.29, 1.82) is 0 Å². The van der Waals surface area contributed by atoms with Crippen LogP contribution in [0.4, 0.5) is 5.69 Å². The third-order valence-corrected chi connectivity index (χ3v) is 5.41. The van der Waals surface area contributed by atoms with Gasteiger partial charge in [0, 0.05) is 70.2 Å². The van der Waals surface area contributed by atoms with E-state index in [0.717, 1.165) is 70.8 Å². The van der Waals surface area contributed by atoms with Gasteiger partial charge in [-0.3, -0.25) is 14.5 Å². The first-order chi connectivity index (χ1) is 13.3. The molecule has 2 aromatic heterocycles. The minimum absolute atomic E-state index is 0.243. The maximum Gasteiger partial charge on any atom is 0.223 e. The van der Waals surface area contributed by atoms with Gasteiger partial charge in [-0.15, -0.1) is 0 Å². The molecule has 0 aromatic carbocycles. The lowest BCUT2D eigenvalue weighted by Gasteiger charge is -2.23. The third-order valence-electron chi connectivity index (χ3n) is 5.41. The zero-order valence-electron chi connectivity index (χ0n) is 15.8. The van der Waals surface area contributed by atoms with Crippen LogP contribution in [0, 0.1) is 0 Å². The fourth-order valence-electron chi connectivity index (χ4n) is 3.92. The second kappa shape index (κ2) is 8.52. The van der Waals surface area contributed by atoms with Gasteiger partial charge >= 0.3 is 0 Å². The molecule has 0 unspecified atom stereocenters. The van der Waals surface area contributed by atoms with Crippen molar-refractivity contribution in [2.24, 2.45) is 0 Å². The molecule has 0 bridgehead atoms. The van der Waals surface area contributed by atoms with Gasteiger partial charge in [0.2, 0.25) is 5.91 Å². The number of anilines is 1. The molecule has 0 atom stereocenters. The number of hydrogen-bond acceptors (Lipinski definition) is 5. The fraction of sp³-hybridized carbons (Fsp3) is 0.550. The van der Waals surface area contributed by atoms with E-state index in [1.54, 1.807) is 0 Å². The average molecular weight is 368 g/mol. The van der Waals surface area contributed by atoms with Gasteiger partial charge in [0.1, 0.15) is 0 Å². The smallest absolute Gasteiger partial charge is 0.223 e. The third kappa shape index (κ3) is 4.47. The number of hydrogen-bond donors (Lipinski definition) is 1. The van der Waals surface area contributed by atoms with E-state index in [1.165, 1.54) is 11.4 Å². The predicted octanol–water partition coefficient (Wildman–Crippen LogP) is 1.44. The molecule has 2 aliphatic rings. The lowest BCUT2D eigenvalue weighted by Crippen LogP contribution is -2.35. The lowest BCUT2D eigenvalue weighted by atomic mass is 10.2. The Kier molecular flexibility index (Phi) is 5.67. The Morgan fingerprint density at radius 1 is 1.07 bits per heavy atom. The molecule has 1 N–H and O–H groups in total. The Bertz CT molecular complexity index is 736. The molecule has 1 amide bonds. The number of carbonyl (C=O) groups excluding carboxylic acids is 1. The normalized spacial score (nSPS) is 17.9. The summed E-state index contributed by atoms with van der Waals surface area (Å²) in [6.45, 7) is 6.36. The number of amides is 1. The number of nitrogens with zero attached hydrogens (tertiary/aromatic N) is 5. The highest BCUT2D eigenvalue weighted by Gasteiger charge is 2.20. The van der Waals surface area contributed by atoms with Gasteiger partial charge in [0.25, 0.3) is 0 Å². The summed E-state index contributed by atoms with van der Waals surface area (Å²) in [5.41, 5.74) is 3.46. The molecule has 7 heteroatoms. The van der Waals surface area contributed by atoms with E-state index in [1.807, 2.05) is 29.4 Å². The van der Waals surface area contributed by atoms with Crippen molar-refractivity contribution < 1.29 is 4.79 Å². The Hall–Kier alpha value is -2.41. The number of carbonyl (C=O) groups is 1. The van der Waals surface area contributed by atoms with Gasteiger partial charge in [0.15, 0.2) is 0 Å². The SMILES string of the molecule is O=C(CCc1cc2n(n1)CCCNC2)N1CCCN(c2ccncc2)CC1. The van der Waals surface area contributed by atoms with E-state index < -0.39 is 0 Å². The number of aryl methyl sites for hydroxylation is 2. The van der Waals surface area contributed by atoms with Crippen LogP contribution in [0.15, 0.2) is 30.6 Å². The van der Waals surface area contributed by atoms with E-state index in [-0.39, 0.29) is 5.91 Å². The van der Waals surface area contributed by atoms with Crippen LogP contribution in [0.2, 0.25) is 0 Å². The maximum absolute atomic E-state index is 12.7. The summed E-state index contributed by atoms with van der Waals surface area (Å²) in [6.07, 6.45) is 7.02. The summed E-state index contributed by atoms with van der Waals surface area (Å²) in [4.78, 5) is 21.2. The number of pyridine rings is 1. The van der Waals surface area contributed by atoms with Crippen LogP contribution in [0.25, 0.3) is 0 Å². The fourth-order valence-corrected chi connectivity index (χ4v) is 3.92. The standard InChI is InChI=1S/C20H28N6O/c27-20(4-3-17-15-19-16-22-7-1-12-26(19)23-17)25-11-2-10-24(13-14-25)18-5-8-21-9-6-18/h5-6,8-9,15,22H,1-4,7,10-14,16H2. The lowest BCUT2D eigenvalue weighted by molar-refractivity contribution is -0.130. The van der Waals surface area contributed by atoms with Gasteiger partial charge in [-0.05, 0) is 37.6 Å². The molecule has 2 aliphatic heterocycles. The molecule has 4 rings (SSSR count). The van der Waals surface area contributed by atoms with Gasteiger partial charge < -0.3 is 15.1 Å². The van der Waals surface area contributed by atoms with Crippen molar-refractivity contribution >= 4 is 11.6 Å². The molecule has 1 saturated heterocycles. The molecular weight excluding hydrogens is 340 g/mol. The largest absolute Gasteiger partial charge is 0.370 e. The van der Waals surface area contributed by atoms with Crippen LogP contribution in [0.5, 0.6) is 0 Å². The van der Waals surface area contributed by atoms with Gasteiger partial charge in [0.05, 0.1) is 11.4 Å². The van der Waals surface area contributed by atoms with Gasteiger partial charge in [-0.25, -0.2) is 0 Å². The van der Waals surface area contributed by atoms with Crippen molar-refractivity contribution in [3.63, 3.8) is 0 Å². The van der Waals surface area contributed by atoms with Gasteiger partial charge in [-0.2, -0.15) is 5.10 Å². The summed E-state index contributed by atoms with van der Waals surface area (Å²) in [6, 6.07) is 6.23. The quantitative estimate of drug-likeness (QED) is 0.885. The Labute approximate surface area is 160 Å². The van der Waals surface area contributed by atoms with Crippen LogP contribution in [-0.4, -0.2) is 58.3 Å². The maximum atomic E-state index is 12.7. The average Bonchev–Trinajstić information content (AvgIpc) is 2.87. The van der Waals surface area contributed by atoms with E-state index in [9.17, 15) is 4.79 Å². The van der Waals surface area contributed by atoms with Crippen molar-refractivity contribution in [1.82, 2.24) is 25.0 Å². The van der Waals surface area contributed by atoms with Crippen LogP contribution >= 0.6 is 0 Å². The minimum atomic E-state index is 0.243. The van der Waals surface area contributed by atoms with Crippen molar-refractivity contribution in [2.75, 3.05) is 37.6 Å². The first-order valence-corrected chi connectivity index (χ1v) is 9.99. The zero-order chi connectivity index (χ0) is 18.5. The van der Waals surface area contributed by atoms with Crippen LogP contribution in [-0.2, 0) is 24.3 Å². The zero-order valence-corrected chi connectivity index (χ0v) is 15.8. The second-order valence-electron chi connectivity index (χ2n) is 7.31. The highest BCUT2D eigenvalue weighted by atomic mass is 16.2. The molecule has 27 heavy (non-hydrogen) atoms. The summed E-state index contributed by atoms with van der Waals surface area (Å²) in [5, 5.41) is 8.10. The summed E-state index contributed by atoms with van der Waals surface area (Å²) in [7, 11) is 0. The van der Waals surface area contributed by atoms with E-state index in [4.69, 9.17) is 0 Å². The minimum Gasteiger partial charge on any atom is -0.370 e. The molecule has 1 fully saturated rings. The molecule has 4 heterocycles. The second-order valence-corrected chi connectivity index (χ2v) is 7.31. The Morgan fingerprint density at radius 2 is 1.96 bits per heavy atom. The Morgan fingerprint density at radius 3 is 2.85 bits per heavy atom. The molecule has 0 saturated carbocycles. The first kappa shape index (κ1) is 18.0. The van der Waals surface area contributed by atoms with Crippen molar-refractivity contribution in [2.45, 2.75) is 38.8 Å². The highest BCUT2D eigenvalue weighted by molar-refractivity contribution is 5.76. The van der Waals surface area contributed by atoms with E-state index >= 15 is 0 Å². The number of rotatable bonds is 4. The summed E-state index contributed by atoms with van der Waals surface area (Å²) < 4.78 is 2.10. The van der Waals surface area contributed by atoms with Gasteiger partial charge in [-0.1, -0.05) is 0 Å². The van der Waals surface area contributed by atoms with Crippen molar-refractivity contribution in [3.05, 3.63) is 42.0 Å². The number of nitrogens with one attached hydrogen (secondary N) is 1. The molecule has 144 valence electrons. The predicted molar refractivity (Wildman–Crippen MR) is 105 cm³/mol. The molecule has 7 nitrogen and oxygen atoms in total. The van der Waals surface area contributed by atoms with Crippen molar-refractivity contribution in [3.8, 4) is 0 Å². The first-order valence-electron chi connectivity index (χ1n) is 9.99. The Balaban J connectivity index is 1.30. The molecular formula is C20H28N6O. The van der Waals surface area contributed by atoms with Crippen LogP contribution < -0.4 is 10.2 Å². The number of fused-ring (bicyclic) bond motifs is 1. The molecule has 0 spiro atoms. The summed E-state index contributed by atoms with van der Waals surface area (Å²) >= 11 is 0. The summed E-state index contributed by atoms with van der Waals surface area (Å²) in [5.74, 6) is 0.243. The van der Waals surface area contributed by atoms with Crippen LogP contribution in [0.3, 0.4) is 0 Å². The van der Waals surface area contributed by atoms with Crippen LogP contribution in [0.1, 0.15) is 30.7 Å². The number of aromatic nitrogens is 3. The highest BCUT2D eigenvalue weighted by Crippen LogP contribution is 2.16. The molecule has 2 aromatic rings. The molecule has 0 radical (unpaired) electrons. The molecule has 0 aliphatic carbocycles. The monoisotopic (exact) mass is 368 g/mol. The van der Waals surface area contributed by atoms with E-state index in [0.29, 0.717) is 6.42 Å². The topological polar surface area (TPSA) is 66.3 Å². The van der Waals surface area contributed by atoms with E-state index in [2.05, 4.69) is 31.0 Å².